The Morgan fingerprint density at radius 1 is 1.37 bits per heavy atom. The lowest BCUT2D eigenvalue weighted by Gasteiger charge is -2.33. The molecular weight excluding hydrogens is 249 g/mol. The Morgan fingerprint density at radius 3 is 2.42 bits per heavy atom. The van der Waals surface area contributed by atoms with Crippen LogP contribution in [-0.4, -0.2) is 36.1 Å². The summed E-state index contributed by atoms with van der Waals surface area (Å²) in [5.41, 5.74) is -0.0199. The molecule has 0 radical (unpaired) electrons. The van der Waals surface area contributed by atoms with Gasteiger partial charge in [0, 0.05) is 6.04 Å². The van der Waals surface area contributed by atoms with Gasteiger partial charge in [-0.2, -0.15) is 0 Å². The van der Waals surface area contributed by atoms with Crippen LogP contribution < -0.4 is 10.1 Å². The number of halogens is 1. The lowest BCUT2D eigenvalue weighted by Crippen LogP contribution is -2.52. The zero-order valence-electron chi connectivity index (χ0n) is 11.6. The molecule has 0 heterocycles. The van der Waals surface area contributed by atoms with Gasteiger partial charge < -0.3 is 20.3 Å². The third-order valence-electron chi connectivity index (χ3n) is 3.48. The Balaban J connectivity index is 2.88. The number of hydrogen-bond donors (Lipinski definition) is 3. The molecule has 0 bridgehead atoms. The number of benzene rings is 1. The minimum Gasteiger partial charge on any atom is -0.494 e. The molecule has 19 heavy (non-hydrogen) atoms. The van der Waals surface area contributed by atoms with Crippen LogP contribution >= 0.6 is 0 Å². The van der Waals surface area contributed by atoms with Crippen molar-refractivity contribution in [2.45, 2.75) is 31.8 Å². The fourth-order valence-corrected chi connectivity index (χ4v) is 1.96. The van der Waals surface area contributed by atoms with E-state index in [4.69, 9.17) is 4.74 Å². The van der Waals surface area contributed by atoms with Crippen molar-refractivity contribution in [2.24, 2.45) is 0 Å². The van der Waals surface area contributed by atoms with Crippen LogP contribution in [0.2, 0.25) is 0 Å². The van der Waals surface area contributed by atoms with Gasteiger partial charge in [0.1, 0.15) is 0 Å². The summed E-state index contributed by atoms with van der Waals surface area (Å²) >= 11 is 0. The zero-order chi connectivity index (χ0) is 14.5. The molecule has 0 spiro atoms. The van der Waals surface area contributed by atoms with E-state index in [-0.39, 0.29) is 25.0 Å². The summed E-state index contributed by atoms with van der Waals surface area (Å²) in [6.45, 7) is 3.38. The Bertz CT molecular complexity index is 399. The minimum absolute atomic E-state index is 0.178. The monoisotopic (exact) mass is 271 g/mol. The summed E-state index contributed by atoms with van der Waals surface area (Å²) in [6, 6.07) is 4.52. The minimum atomic E-state index is -0.754. The molecule has 5 heteroatoms. The SMILES string of the molecule is CCC(CO)(CO)NC(C)c1ccc(OC)c(F)c1. The quantitative estimate of drug-likeness (QED) is 0.705. The topological polar surface area (TPSA) is 61.7 Å². The average Bonchev–Trinajstić information content (AvgIpc) is 2.44. The molecule has 0 fully saturated rings. The highest BCUT2D eigenvalue weighted by Gasteiger charge is 2.28. The normalized spacial score (nSPS) is 13.4. The molecule has 108 valence electrons. The molecule has 0 saturated carbocycles. The molecular formula is C14H22FNO3. The van der Waals surface area contributed by atoms with Crippen LogP contribution in [0.25, 0.3) is 0 Å². The summed E-state index contributed by atoms with van der Waals surface area (Å²) in [6.07, 6.45) is 0.572. The summed E-state index contributed by atoms with van der Waals surface area (Å²) in [4.78, 5) is 0. The summed E-state index contributed by atoms with van der Waals surface area (Å²) in [7, 11) is 1.42. The zero-order valence-corrected chi connectivity index (χ0v) is 11.6. The van der Waals surface area contributed by atoms with Crippen molar-refractivity contribution in [3.8, 4) is 5.75 Å². The van der Waals surface area contributed by atoms with E-state index in [1.54, 1.807) is 12.1 Å². The van der Waals surface area contributed by atoms with Gasteiger partial charge in [-0.1, -0.05) is 13.0 Å². The molecule has 4 nitrogen and oxygen atoms in total. The van der Waals surface area contributed by atoms with E-state index in [1.165, 1.54) is 13.2 Å². The lowest BCUT2D eigenvalue weighted by molar-refractivity contribution is 0.0792. The number of ether oxygens (including phenoxy) is 1. The molecule has 1 atom stereocenters. The van der Waals surface area contributed by atoms with Crippen LogP contribution in [-0.2, 0) is 0 Å². The molecule has 1 rings (SSSR count). The second-order valence-corrected chi connectivity index (χ2v) is 4.71. The van der Waals surface area contributed by atoms with Gasteiger partial charge in [0.25, 0.3) is 0 Å². The Hall–Kier alpha value is -1.17. The number of aliphatic hydroxyl groups is 2. The molecule has 0 aliphatic rings. The van der Waals surface area contributed by atoms with Gasteiger partial charge in [-0.3, -0.25) is 0 Å². The first kappa shape index (κ1) is 15.9. The Labute approximate surface area is 113 Å². The molecule has 1 aromatic carbocycles. The van der Waals surface area contributed by atoms with Crippen molar-refractivity contribution >= 4 is 0 Å². The number of aliphatic hydroxyl groups excluding tert-OH is 2. The van der Waals surface area contributed by atoms with Crippen molar-refractivity contribution in [1.82, 2.24) is 5.32 Å². The van der Waals surface area contributed by atoms with E-state index in [0.29, 0.717) is 6.42 Å². The molecule has 0 amide bonds. The number of hydrogen-bond acceptors (Lipinski definition) is 4. The number of methoxy groups -OCH3 is 1. The van der Waals surface area contributed by atoms with Gasteiger partial charge in [-0.05, 0) is 31.0 Å². The van der Waals surface area contributed by atoms with Gasteiger partial charge in [-0.25, -0.2) is 4.39 Å². The third kappa shape index (κ3) is 3.65. The Morgan fingerprint density at radius 2 is 2.00 bits per heavy atom. The van der Waals surface area contributed by atoms with E-state index in [2.05, 4.69) is 5.32 Å². The fraction of sp³-hybridized carbons (Fsp3) is 0.571. The molecule has 0 aromatic heterocycles. The third-order valence-corrected chi connectivity index (χ3v) is 3.48. The fourth-order valence-electron chi connectivity index (χ4n) is 1.96. The van der Waals surface area contributed by atoms with Crippen molar-refractivity contribution in [3.05, 3.63) is 29.6 Å². The average molecular weight is 271 g/mol. The predicted octanol–water partition coefficient (Wildman–Crippen LogP) is 1.62. The van der Waals surface area contributed by atoms with Crippen LogP contribution in [0.4, 0.5) is 4.39 Å². The Kier molecular flexibility index (Phi) is 5.72. The maximum Gasteiger partial charge on any atom is 0.165 e. The second kappa shape index (κ2) is 6.84. The first-order valence-electron chi connectivity index (χ1n) is 6.34. The van der Waals surface area contributed by atoms with Gasteiger partial charge in [-0.15, -0.1) is 0 Å². The largest absolute Gasteiger partial charge is 0.494 e. The van der Waals surface area contributed by atoms with E-state index in [0.717, 1.165) is 5.56 Å². The molecule has 1 unspecified atom stereocenters. The molecule has 0 aliphatic carbocycles. The first-order valence-corrected chi connectivity index (χ1v) is 6.34. The van der Waals surface area contributed by atoms with Crippen LogP contribution in [0.3, 0.4) is 0 Å². The van der Waals surface area contributed by atoms with Crippen LogP contribution in [0.15, 0.2) is 18.2 Å². The highest BCUT2D eigenvalue weighted by Crippen LogP contribution is 2.24. The maximum atomic E-state index is 13.6. The highest BCUT2D eigenvalue weighted by molar-refractivity contribution is 5.31. The molecule has 3 N–H and O–H groups in total. The van der Waals surface area contributed by atoms with Crippen molar-refractivity contribution in [1.29, 1.82) is 0 Å². The van der Waals surface area contributed by atoms with Gasteiger partial charge in [0.2, 0.25) is 0 Å². The highest BCUT2D eigenvalue weighted by atomic mass is 19.1. The van der Waals surface area contributed by atoms with Gasteiger partial charge in [0.05, 0.1) is 25.9 Å². The summed E-state index contributed by atoms with van der Waals surface area (Å²) in [5, 5.41) is 21.9. The standard InChI is InChI=1S/C14H22FNO3/c1-4-14(8-17,9-18)16-10(2)11-5-6-13(19-3)12(15)7-11/h5-7,10,16-18H,4,8-9H2,1-3H3. The second-order valence-electron chi connectivity index (χ2n) is 4.71. The van der Waals surface area contributed by atoms with Crippen molar-refractivity contribution in [2.75, 3.05) is 20.3 Å². The van der Waals surface area contributed by atoms with Crippen LogP contribution in [0.5, 0.6) is 5.75 Å². The lowest BCUT2D eigenvalue weighted by atomic mass is 9.95. The van der Waals surface area contributed by atoms with Crippen LogP contribution in [0, 0.1) is 5.82 Å². The van der Waals surface area contributed by atoms with Crippen LogP contribution in [0.1, 0.15) is 31.9 Å². The summed E-state index contributed by atoms with van der Waals surface area (Å²) < 4.78 is 18.5. The number of rotatable bonds is 7. The predicted molar refractivity (Wildman–Crippen MR) is 71.7 cm³/mol. The molecule has 1 aromatic rings. The smallest absolute Gasteiger partial charge is 0.165 e. The number of nitrogens with one attached hydrogen (secondary N) is 1. The maximum absolute atomic E-state index is 13.6. The van der Waals surface area contributed by atoms with Crippen molar-refractivity contribution in [3.63, 3.8) is 0 Å². The van der Waals surface area contributed by atoms with Gasteiger partial charge >= 0.3 is 0 Å². The van der Waals surface area contributed by atoms with Gasteiger partial charge in [0.15, 0.2) is 11.6 Å². The van der Waals surface area contributed by atoms with E-state index < -0.39 is 11.4 Å². The van der Waals surface area contributed by atoms with E-state index >= 15 is 0 Å². The van der Waals surface area contributed by atoms with E-state index in [1.807, 2.05) is 13.8 Å². The molecule has 0 aliphatic heterocycles. The van der Waals surface area contributed by atoms with E-state index in [9.17, 15) is 14.6 Å². The van der Waals surface area contributed by atoms with Crippen molar-refractivity contribution < 1.29 is 19.3 Å². The summed E-state index contributed by atoms with van der Waals surface area (Å²) in [5.74, 6) is -0.231. The molecule has 0 saturated heterocycles. The first-order chi connectivity index (χ1) is 9.01.